The summed E-state index contributed by atoms with van der Waals surface area (Å²) in [6.45, 7) is 5.73. The zero-order chi connectivity index (χ0) is 13.9. The fourth-order valence-corrected chi connectivity index (χ4v) is 3.01. The Morgan fingerprint density at radius 2 is 1.79 bits per heavy atom. The van der Waals surface area contributed by atoms with Gasteiger partial charge in [0.15, 0.2) is 0 Å². The molecule has 0 aliphatic carbocycles. The van der Waals surface area contributed by atoms with Gasteiger partial charge in [0.25, 0.3) is 0 Å². The molecule has 0 bridgehead atoms. The van der Waals surface area contributed by atoms with Crippen LogP contribution in [-0.2, 0) is 6.42 Å². The highest BCUT2D eigenvalue weighted by Gasteiger charge is 2.36. The number of benzene rings is 1. The number of rotatable bonds is 5. The van der Waals surface area contributed by atoms with E-state index < -0.39 is 0 Å². The first-order chi connectivity index (χ1) is 9.09. The minimum absolute atomic E-state index is 0.220. The highest BCUT2D eigenvalue weighted by molar-refractivity contribution is 5.39. The summed E-state index contributed by atoms with van der Waals surface area (Å²) in [4.78, 5) is 0. The van der Waals surface area contributed by atoms with Crippen molar-refractivity contribution in [2.75, 3.05) is 20.8 Å². The van der Waals surface area contributed by atoms with Gasteiger partial charge < -0.3 is 14.8 Å². The van der Waals surface area contributed by atoms with Gasteiger partial charge in [0.05, 0.1) is 14.2 Å². The lowest BCUT2D eigenvalue weighted by molar-refractivity contribution is 0.268. The van der Waals surface area contributed by atoms with Gasteiger partial charge in [-0.15, -0.1) is 0 Å². The zero-order valence-corrected chi connectivity index (χ0v) is 12.5. The lowest BCUT2D eigenvalue weighted by atomic mass is 9.80. The molecule has 1 unspecified atom stereocenters. The van der Waals surface area contributed by atoms with Gasteiger partial charge in [0, 0.05) is 11.6 Å². The molecular weight excluding hydrogens is 238 g/mol. The van der Waals surface area contributed by atoms with Crippen molar-refractivity contribution in [2.45, 2.75) is 38.6 Å². The molecule has 106 valence electrons. The van der Waals surface area contributed by atoms with E-state index in [0.29, 0.717) is 5.92 Å². The molecule has 1 fully saturated rings. The topological polar surface area (TPSA) is 30.5 Å². The first-order valence-electron chi connectivity index (χ1n) is 7.06. The van der Waals surface area contributed by atoms with Crippen molar-refractivity contribution in [3.05, 3.63) is 23.8 Å². The zero-order valence-electron chi connectivity index (χ0n) is 12.5. The minimum Gasteiger partial charge on any atom is -0.497 e. The third-order valence-corrected chi connectivity index (χ3v) is 4.31. The van der Waals surface area contributed by atoms with Crippen LogP contribution in [0.15, 0.2) is 18.2 Å². The molecule has 1 aromatic carbocycles. The summed E-state index contributed by atoms with van der Waals surface area (Å²) in [5.74, 6) is 2.35. The third kappa shape index (κ3) is 3.03. The van der Waals surface area contributed by atoms with E-state index in [1.54, 1.807) is 14.2 Å². The van der Waals surface area contributed by atoms with Gasteiger partial charge >= 0.3 is 0 Å². The van der Waals surface area contributed by atoms with E-state index in [9.17, 15) is 0 Å². The summed E-state index contributed by atoms with van der Waals surface area (Å²) < 4.78 is 10.7. The maximum absolute atomic E-state index is 5.35. The average Bonchev–Trinajstić information content (AvgIpc) is 2.88. The molecule has 1 saturated heterocycles. The molecule has 0 radical (unpaired) electrons. The molecule has 3 heteroatoms. The van der Waals surface area contributed by atoms with Gasteiger partial charge in [0.1, 0.15) is 11.5 Å². The quantitative estimate of drug-likeness (QED) is 0.885. The number of hydrogen-bond acceptors (Lipinski definition) is 3. The van der Waals surface area contributed by atoms with Crippen molar-refractivity contribution in [3.63, 3.8) is 0 Å². The maximum Gasteiger partial charge on any atom is 0.122 e. The third-order valence-electron chi connectivity index (χ3n) is 4.31. The summed E-state index contributed by atoms with van der Waals surface area (Å²) in [7, 11) is 3.40. The van der Waals surface area contributed by atoms with E-state index in [2.05, 4.69) is 31.3 Å². The molecule has 0 spiro atoms. The van der Waals surface area contributed by atoms with Crippen molar-refractivity contribution in [3.8, 4) is 11.5 Å². The van der Waals surface area contributed by atoms with Crippen LogP contribution in [0.5, 0.6) is 11.5 Å². The Morgan fingerprint density at radius 1 is 1.16 bits per heavy atom. The van der Waals surface area contributed by atoms with E-state index in [-0.39, 0.29) is 5.54 Å². The van der Waals surface area contributed by atoms with Crippen LogP contribution in [0.3, 0.4) is 0 Å². The molecule has 3 nitrogen and oxygen atoms in total. The fourth-order valence-electron chi connectivity index (χ4n) is 3.01. The van der Waals surface area contributed by atoms with Crippen molar-refractivity contribution < 1.29 is 9.47 Å². The average molecular weight is 263 g/mol. The van der Waals surface area contributed by atoms with Gasteiger partial charge in [-0.25, -0.2) is 0 Å². The second kappa shape index (κ2) is 5.83. The lowest BCUT2D eigenvalue weighted by Crippen LogP contribution is -2.46. The molecule has 1 aliphatic rings. The highest BCUT2D eigenvalue weighted by Crippen LogP contribution is 2.33. The molecule has 1 heterocycles. The van der Waals surface area contributed by atoms with Gasteiger partial charge in [-0.3, -0.25) is 0 Å². The van der Waals surface area contributed by atoms with E-state index in [4.69, 9.17) is 9.47 Å². The van der Waals surface area contributed by atoms with Crippen LogP contribution < -0.4 is 14.8 Å². The van der Waals surface area contributed by atoms with Crippen LogP contribution in [0.1, 0.15) is 32.3 Å². The smallest absolute Gasteiger partial charge is 0.122 e. The molecule has 1 aliphatic heterocycles. The SMILES string of the molecule is COc1cc(CC2(C(C)C)CCCN2)cc(OC)c1. The minimum atomic E-state index is 0.220. The number of hydrogen-bond donors (Lipinski definition) is 1. The van der Waals surface area contributed by atoms with Crippen molar-refractivity contribution in [2.24, 2.45) is 5.92 Å². The summed E-state index contributed by atoms with van der Waals surface area (Å²) >= 11 is 0. The molecule has 1 aromatic rings. The van der Waals surface area contributed by atoms with Gasteiger partial charge in [-0.1, -0.05) is 13.8 Å². The standard InChI is InChI=1S/C16H25NO2/c1-12(2)16(6-5-7-17-16)11-13-8-14(18-3)10-15(9-13)19-4/h8-10,12,17H,5-7,11H2,1-4H3. The Bertz CT molecular complexity index is 401. The van der Waals surface area contributed by atoms with Crippen LogP contribution in [0.25, 0.3) is 0 Å². The molecule has 19 heavy (non-hydrogen) atoms. The van der Waals surface area contributed by atoms with Crippen molar-refractivity contribution in [1.82, 2.24) is 5.32 Å². The summed E-state index contributed by atoms with van der Waals surface area (Å²) in [6.07, 6.45) is 3.53. The van der Waals surface area contributed by atoms with Gasteiger partial charge in [-0.2, -0.15) is 0 Å². The lowest BCUT2D eigenvalue weighted by Gasteiger charge is -2.34. The number of nitrogens with one attached hydrogen (secondary N) is 1. The molecule has 2 rings (SSSR count). The van der Waals surface area contributed by atoms with Crippen molar-refractivity contribution >= 4 is 0 Å². The van der Waals surface area contributed by atoms with E-state index in [1.165, 1.54) is 18.4 Å². The Hall–Kier alpha value is -1.22. The largest absolute Gasteiger partial charge is 0.497 e. The molecule has 1 atom stereocenters. The predicted molar refractivity (Wildman–Crippen MR) is 78.1 cm³/mol. The summed E-state index contributed by atoms with van der Waals surface area (Å²) in [5.41, 5.74) is 1.50. The second-order valence-electron chi connectivity index (χ2n) is 5.74. The molecule has 0 saturated carbocycles. The molecule has 1 N–H and O–H groups in total. The van der Waals surface area contributed by atoms with Crippen LogP contribution in [0, 0.1) is 5.92 Å². The highest BCUT2D eigenvalue weighted by atomic mass is 16.5. The molecule has 0 amide bonds. The van der Waals surface area contributed by atoms with Crippen molar-refractivity contribution in [1.29, 1.82) is 0 Å². The number of methoxy groups -OCH3 is 2. The van der Waals surface area contributed by atoms with Crippen LogP contribution >= 0.6 is 0 Å². The number of ether oxygens (including phenoxy) is 2. The molecule has 0 aromatic heterocycles. The van der Waals surface area contributed by atoms with Gasteiger partial charge in [0.2, 0.25) is 0 Å². The first kappa shape index (κ1) is 14.2. The summed E-state index contributed by atoms with van der Waals surface area (Å²) in [6, 6.07) is 6.16. The Kier molecular flexibility index (Phi) is 4.35. The summed E-state index contributed by atoms with van der Waals surface area (Å²) in [5, 5.41) is 3.71. The van der Waals surface area contributed by atoms with E-state index in [0.717, 1.165) is 24.5 Å². The van der Waals surface area contributed by atoms with E-state index >= 15 is 0 Å². The Labute approximate surface area is 116 Å². The maximum atomic E-state index is 5.35. The van der Waals surface area contributed by atoms with E-state index in [1.807, 2.05) is 6.07 Å². The Balaban J connectivity index is 2.26. The predicted octanol–water partition coefficient (Wildman–Crippen LogP) is 3.02. The van der Waals surface area contributed by atoms with Gasteiger partial charge in [-0.05, 0) is 49.4 Å². The fraction of sp³-hybridized carbons (Fsp3) is 0.625. The molecular formula is C16H25NO2. The van der Waals surface area contributed by atoms with Crippen LogP contribution in [0.2, 0.25) is 0 Å². The second-order valence-corrected chi connectivity index (χ2v) is 5.74. The normalized spacial score (nSPS) is 22.8. The van der Waals surface area contributed by atoms with Crippen LogP contribution in [0.4, 0.5) is 0 Å². The Morgan fingerprint density at radius 3 is 2.21 bits per heavy atom. The first-order valence-corrected chi connectivity index (χ1v) is 7.06. The van der Waals surface area contributed by atoms with Crippen LogP contribution in [-0.4, -0.2) is 26.3 Å². The monoisotopic (exact) mass is 263 g/mol.